The highest BCUT2D eigenvalue weighted by molar-refractivity contribution is 6.42. The number of benzene rings is 2. The number of nitrogens with zero attached hydrogens (tertiary/aromatic N) is 4. The molecule has 0 N–H and O–H groups in total. The van der Waals surface area contributed by atoms with Gasteiger partial charge in [-0.05, 0) is 56.7 Å². The Labute approximate surface area is 254 Å². The molecule has 6 rings (SSSR count). The molecule has 2 aliphatic rings. The molecule has 2 fully saturated rings. The van der Waals surface area contributed by atoms with E-state index in [-0.39, 0.29) is 21.4 Å². The number of hydrogen-bond acceptors (Lipinski definition) is 9. The van der Waals surface area contributed by atoms with Gasteiger partial charge in [-0.1, -0.05) is 40.9 Å². The highest BCUT2D eigenvalue weighted by Gasteiger charge is 2.66. The van der Waals surface area contributed by atoms with Gasteiger partial charge in [0, 0.05) is 18.3 Å². The predicted molar refractivity (Wildman–Crippen MR) is 153 cm³/mol. The Bertz CT molecular complexity index is 1710. The van der Waals surface area contributed by atoms with Crippen molar-refractivity contribution in [3.8, 4) is 0 Å². The number of nitro benzene ring substituents is 1. The number of esters is 1. The van der Waals surface area contributed by atoms with E-state index in [1.54, 1.807) is 48.9 Å². The first-order valence-corrected chi connectivity index (χ1v) is 13.9. The smallest absolute Gasteiger partial charge is 0.338 e. The number of hydrogen-bond donors (Lipinski definition) is 0. The van der Waals surface area contributed by atoms with Gasteiger partial charge < -0.3 is 23.5 Å². The fraction of sp³-hybridized carbons (Fsp3) is 0.321. The second-order valence-corrected chi connectivity index (χ2v) is 11.8. The summed E-state index contributed by atoms with van der Waals surface area (Å²) < 4.78 is 27.4. The number of carbonyl (C=O) groups is 1. The summed E-state index contributed by atoms with van der Waals surface area (Å²) in [6.07, 6.45) is -0.322. The Hall–Kier alpha value is -3.32. The topological polar surface area (TPSA) is 128 Å². The Morgan fingerprint density at radius 2 is 1.81 bits per heavy atom. The fourth-order valence-electron chi connectivity index (χ4n) is 5.58. The molecule has 42 heavy (non-hydrogen) atoms. The summed E-state index contributed by atoms with van der Waals surface area (Å²) in [7, 11) is 0. The third-order valence-electron chi connectivity index (χ3n) is 7.38. The molecule has 5 atom stereocenters. The first kappa shape index (κ1) is 28.8. The van der Waals surface area contributed by atoms with E-state index in [0.717, 1.165) is 0 Å². The van der Waals surface area contributed by atoms with Crippen molar-refractivity contribution in [3.05, 3.63) is 97.5 Å². The molecule has 2 saturated heterocycles. The minimum absolute atomic E-state index is 0.105. The van der Waals surface area contributed by atoms with Gasteiger partial charge in [-0.3, -0.25) is 10.1 Å². The van der Waals surface area contributed by atoms with Crippen molar-refractivity contribution in [3.63, 3.8) is 0 Å². The monoisotopic (exact) mass is 632 g/mol. The van der Waals surface area contributed by atoms with Crippen LogP contribution in [0.5, 0.6) is 0 Å². The summed E-state index contributed by atoms with van der Waals surface area (Å²) >= 11 is 18.9. The van der Waals surface area contributed by atoms with E-state index in [2.05, 4.69) is 9.97 Å². The summed E-state index contributed by atoms with van der Waals surface area (Å²) in [5.74, 6) is -1.75. The molecule has 0 spiro atoms. The summed E-state index contributed by atoms with van der Waals surface area (Å²) in [5, 5.41) is 12.6. The highest BCUT2D eigenvalue weighted by atomic mass is 35.5. The predicted octanol–water partition coefficient (Wildman–Crippen LogP) is 6.71. The quantitative estimate of drug-likeness (QED) is 0.0985. The van der Waals surface area contributed by atoms with E-state index in [9.17, 15) is 14.9 Å². The van der Waals surface area contributed by atoms with Gasteiger partial charge in [0.25, 0.3) is 5.69 Å². The summed E-state index contributed by atoms with van der Waals surface area (Å²) in [6, 6.07) is 11.7. The third kappa shape index (κ3) is 4.89. The third-order valence-corrected chi connectivity index (χ3v) is 8.42. The lowest BCUT2D eigenvalue weighted by molar-refractivity contribution is -0.384. The molecular weight excluding hydrogens is 611 g/mol. The Morgan fingerprint density at radius 1 is 1.07 bits per heavy atom. The number of halogens is 3. The molecule has 218 valence electrons. The zero-order valence-corrected chi connectivity index (χ0v) is 24.6. The molecule has 2 aliphatic heterocycles. The molecule has 4 heterocycles. The lowest BCUT2D eigenvalue weighted by atomic mass is 9.88. The van der Waals surface area contributed by atoms with Crippen LogP contribution in [0.15, 0.2) is 61.1 Å². The van der Waals surface area contributed by atoms with Crippen molar-refractivity contribution in [2.24, 2.45) is 0 Å². The maximum absolute atomic E-state index is 13.4. The lowest BCUT2D eigenvalue weighted by Crippen LogP contribution is -2.47. The van der Waals surface area contributed by atoms with Crippen LogP contribution in [-0.2, 0) is 18.9 Å². The van der Waals surface area contributed by atoms with Crippen LogP contribution < -0.4 is 0 Å². The number of nitro groups is 1. The van der Waals surface area contributed by atoms with E-state index >= 15 is 0 Å². The zero-order valence-electron chi connectivity index (χ0n) is 22.4. The summed E-state index contributed by atoms with van der Waals surface area (Å²) in [6.45, 7) is 5.40. The van der Waals surface area contributed by atoms with Gasteiger partial charge in [0.15, 0.2) is 18.1 Å². The van der Waals surface area contributed by atoms with Crippen molar-refractivity contribution in [1.29, 1.82) is 0 Å². The van der Waals surface area contributed by atoms with E-state index in [1.165, 1.54) is 30.6 Å². The molecule has 2 aromatic carbocycles. The van der Waals surface area contributed by atoms with Gasteiger partial charge in [-0.2, -0.15) is 0 Å². The molecule has 0 amide bonds. The number of ether oxygens (including phenoxy) is 4. The Morgan fingerprint density at radius 3 is 2.50 bits per heavy atom. The fourth-order valence-corrected chi connectivity index (χ4v) is 6.08. The Kier molecular flexibility index (Phi) is 7.16. The minimum Gasteiger partial charge on any atom is -0.451 e. The molecule has 2 aromatic heterocycles. The first-order valence-electron chi connectivity index (χ1n) is 12.8. The number of rotatable bonds is 6. The van der Waals surface area contributed by atoms with Gasteiger partial charge in [-0.25, -0.2) is 14.8 Å². The maximum atomic E-state index is 13.4. The van der Waals surface area contributed by atoms with Crippen molar-refractivity contribution >= 4 is 57.5 Å². The maximum Gasteiger partial charge on any atom is 0.338 e. The van der Waals surface area contributed by atoms with Crippen molar-refractivity contribution in [1.82, 2.24) is 14.5 Å². The van der Waals surface area contributed by atoms with Crippen molar-refractivity contribution in [2.75, 3.05) is 0 Å². The van der Waals surface area contributed by atoms with Crippen molar-refractivity contribution in [2.45, 2.75) is 56.7 Å². The molecule has 2 unspecified atom stereocenters. The van der Waals surface area contributed by atoms with Crippen LogP contribution in [0.4, 0.5) is 5.69 Å². The zero-order chi connectivity index (χ0) is 30.0. The minimum atomic E-state index is -1.14. The van der Waals surface area contributed by atoms with E-state index in [4.69, 9.17) is 53.8 Å². The van der Waals surface area contributed by atoms with Crippen LogP contribution in [-0.4, -0.2) is 49.0 Å². The van der Waals surface area contributed by atoms with E-state index in [1.807, 2.05) is 6.92 Å². The highest BCUT2D eigenvalue weighted by Crippen LogP contribution is 2.54. The number of non-ortho nitro benzene ring substituents is 1. The van der Waals surface area contributed by atoms with Gasteiger partial charge in [0.05, 0.1) is 25.9 Å². The van der Waals surface area contributed by atoms with Crippen molar-refractivity contribution < 1.29 is 28.7 Å². The van der Waals surface area contributed by atoms with Gasteiger partial charge in [0.2, 0.25) is 0 Å². The average molecular weight is 634 g/mol. The number of fused-ring (bicyclic) bond motifs is 2. The van der Waals surface area contributed by atoms with Crippen LogP contribution in [0.25, 0.3) is 11.0 Å². The molecule has 0 bridgehead atoms. The molecular formula is C28H23Cl3N4O7. The molecule has 0 radical (unpaired) electrons. The van der Waals surface area contributed by atoms with Crippen LogP contribution in [0.1, 0.15) is 49.0 Å². The normalized spacial score (nSPS) is 25.3. The largest absolute Gasteiger partial charge is 0.451 e. The SMILES string of the molecule is CC1(C)OC2[C@H](n3ccc4c(Cl)ncnc43)OC([C@@H](OC(=O)c3ccc([N+](=O)[O-])cc3)c3ccc(Cl)c(Cl)c3)[C@@]2(C)O1. The number of aromatic nitrogens is 3. The molecule has 4 aromatic rings. The molecule has 0 aliphatic carbocycles. The first-order chi connectivity index (χ1) is 19.9. The van der Waals surface area contributed by atoms with Crippen LogP contribution in [0, 0.1) is 10.1 Å². The second-order valence-electron chi connectivity index (χ2n) is 10.6. The van der Waals surface area contributed by atoms with Gasteiger partial charge in [-0.15, -0.1) is 0 Å². The van der Waals surface area contributed by atoms with Crippen LogP contribution >= 0.6 is 34.8 Å². The standard InChI is InChI=1S/C28H23Cl3N4O7/c1-27(2)41-22-25(34-11-10-17-23(31)32-13-33-24(17)34)40-21(28(22,3)42-27)20(15-6-9-18(29)19(30)12-15)39-26(36)14-4-7-16(8-5-14)35(37)38/h4-13,20-22,25H,1-3H3/t20-,21?,22?,25+,28+/m0/s1. The van der Waals surface area contributed by atoms with E-state index < -0.39 is 46.8 Å². The van der Waals surface area contributed by atoms with Crippen LogP contribution in [0.3, 0.4) is 0 Å². The summed E-state index contributed by atoms with van der Waals surface area (Å²) in [5.41, 5.74) is -0.194. The van der Waals surface area contributed by atoms with Gasteiger partial charge in [0.1, 0.15) is 34.9 Å². The lowest BCUT2D eigenvalue weighted by Gasteiger charge is -2.34. The number of carbonyl (C=O) groups excluding carboxylic acids is 1. The molecule has 14 heteroatoms. The second kappa shape index (κ2) is 10.4. The average Bonchev–Trinajstić information content (AvgIpc) is 3.56. The molecule has 11 nitrogen and oxygen atoms in total. The summed E-state index contributed by atoms with van der Waals surface area (Å²) in [4.78, 5) is 32.5. The Balaban J connectivity index is 1.44. The van der Waals surface area contributed by atoms with E-state index in [0.29, 0.717) is 21.6 Å². The molecule has 0 saturated carbocycles. The van der Waals surface area contributed by atoms with Gasteiger partial charge >= 0.3 is 5.97 Å². The van der Waals surface area contributed by atoms with Crippen LogP contribution in [0.2, 0.25) is 15.2 Å².